The molecule has 1 aromatic heterocycles. The number of fused-ring (bicyclic) bond motifs is 1. The molecule has 2 aromatic carbocycles. The summed E-state index contributed by atoms with van der Waals surface area (Å²) < 4.78 is 28.8. The van der Waals surface area contributed by atoms with Gasteiger partial charge in [-0.2, -0.15) is 0 Å². The number of likely N-dealkylation sites (N-methyl/N-ethyl adjacent to an activating group) is 2. The molecule has 2 aliphatic rings. The van der Waals surface area contributed by atoms with Gasteiger partial charge in [0.15, 0.2) is 5.82 Å². The number of aromatic nitrogens is 2. The normalized spacial score (nSPS) is 19.2. The molecule has 0 aliphatic carbocycles. The largest absolute Gasteiger partial charge is 0.346 e. The van der Waals surface area contributed by atoms with Gasteiger partial charge in [-0.05, 0) is 43.8 Å². The van der Waals surface area contributed by atoms with Crippen LogP contribution in [0, 0.1) is 11.6 Å². The number of hydrogen-bond donors (Lipinski definition) is 2. The number of carbonyl (C=O) groups excluding carboxylic acids is 2. The number of hydrogen-bond acceptors (Lipinski definition) is 6. The minimum Gasteiger partial charge on any atom is -0.346 e. The van der Waals surface area contributed by atoms with E-state index in [1.165, 1.54) is 6.07 Å². The van der Waals surface area contributed by atoms with E-state index in [4.69, 9.17) is 0 Å². The van der Waals surface area contributed by atoms with Gasteiger partial charge < -0.3 is 15.5 Å². The first-order valence-corrected chi connectivity index (χ1v) is 12.2. The van der Waals surface area contributed by atoms with Gasteiger partial charge in [0, 0.05) is 25.8 Å². The zero-order valence-electron chi connectivity index (χ0n) is 21.5. The molecule has 3 heterocycles. The average Bonchev–Trinajstić information content (AvgIpc) is 3.27. The standard InChI is InChI=1S/C25H24F2N6O2.C2H6/c1-25(24(35)32(2)11-12-33(25)3)14-7-9-15(10-8-14)29-22-20-18(13-28-23(20)34)30-21(31-22)19-16(26)5-4-6-17(19)27;1-2/h4-10H,11-13H2,1-3H3,(H,28,34)(H,29,30,31);1-2H3. The summed E-state index contributed by atoms with van der Waals surface area (Å²) in [5, 5.41) is 5.77. The first-order chi connectivity index (χ1) is 17.7. The highest BCUT2D eigenvalue weighted by molar-refractivity contribution is 6.03. The summed E-state index contributed by atoms with van der Waals surface area (Å²) in [6, 6.07) is 10.8. The van der Waals surface area contributed by atoms with E-state index in [1.807, 2.05) is 44.9 Å². The van der Waals surface area contributed by atoms with E-state index in [9.17, 15) is 18.4 Å². The van der Waals surface area contributed by atoms with Gasteiger partial charge in [-0.3, -0.25) is 14.5 Å². The molecule has 10 heteroatoms. The molecular weight excluding hydrogens is 478 g/mol. The third-order valence-electron chi connectivity index (χ3n) is 6.82. The first-order valence-electron chi connectivity index (χ1n) is 12.2. The number of carbonyl (C=O) groups is 2. The van der Waals surface area contributed by atoms with E-state index in [1.54, 1.807) is 24.1 Å². The number of benzene rings is 2. The van der Waals surface area contributed by atoms with Crippen molar-refractivity contribution in [3.05, 3.63) is 70.9 Å². The molecule has 37 heavy (non-hydrogen) atoms. The first kappa shape index (κ1) is 26.2. The average molecular weight is 509 g/mol. The Bertz CT molecular complexity index is 1330. The fourth-order valence-corrected chi connectivity index (χ4v) is 4.56. The van der Waals surface area contributed by atoms with Crippen molar-refractivity contribution in [3.8, 4) is 11.4 Å². The van der Waals surface area contributed by atoms with Gasteiger partial charge >= 0.3 is 0 Å². The summed E-state index contributed by atoms with van der Waals surface area (Å²) in [6.07, 6.45) is 0. The molecule has 3 aromatic rings. The van der Waals surface area contributed by atoms with Crippen LogP contribution in [0.1, 0.15) is 42.4 Å². The fourth-order valence-electron chi connectivity index (χ4n) is 4.56. The minimum atomic E-state index is -0.808. The van der Waals surface area contributed by atoms with Gasteiger partial charge in [-0.15, -0.1) is 0 Å². The van der Waals surface area contributed by atoms with Crippen molar-refractivity contribution < 1.29 is 18.4 Å². The van der Waals surface area contributed by atoms with Crippen molar-refractivity contribution in [1.82, 2.24) is 25.1 Å². The Labute approximate surface area is 214 Å². The number of piperazine rings is 1. The summed E-state index contributed by atoms with van der Waals surface area (Å²) in [4.78, 5) is 37.7. The lowest BCUT2D eigenvalue weighted by Gasteiger charge is -2.45. The Morgan fingerprint density at radius 3 is 2.24 bits per heavy atom. The molecule has 5 rings (SSSR count). The maximum atomic E-state index is 14.4. The highest BCUT2D eigenvalue weighted by Gasteiger charge is 2.44. The maximum absolute atomic E-state index is 14.4. The van der Waals surface area contributed by atoms with Crippen molar-refractivity contribution >= 4 is 23.3 Å². The highest BCUT2D eigenvalue weighted by atomic mass is 19.1. The number of rotatable bonds is 4. The Hall–Kier alpha value is -3.92. The van der Waals surface area contributed by atoms with Crippen LogP contribution in [0.2, 0.25) is 0 Å². The number of anilines is 2. The second kappa shape index (κ2) is 10.2. The number of halogens is 2. The van der Waals surface area contributed by atoms with Gasteiger partial charge in [0.05, 0.1) is 17.8 Å². The van der Waals surface area contributed by atoms with E-state index >= 15 is 0 Å². The number of amides is 2. The van der Waals surface area contributed by atoms with E-state index in [-0.39, 0.29) is 41.1 Å². The van der Waals surface area contributed by atoms with Crippen molar-refractivity contribution in [2.75, 3.05) is 32.5 Å². The maximum Gasteiger partial charge on any atom is 0.257 e. The zero-order chi connectivity index (χ0) is 26.9. The predicted molar refractivity (Wildman–Crippen MR) is 137 cm³/mol. The Morgan fingerprint density at radius 2 is 1.59 bits per heavy atom. The molecule has 0 spiro atoms. The second-order valence-electron chi connectivity index (χ2n) is 8.92. The van der Waals surface area contributed by atoms with E-state index in [0.717, 1.165) is 24.2 Å². The van der Waals surface area contributed by atoms with E-state index < -0.39 is 17.2 Å². The third kappa shape index (κ3) is 4.53. The van der Waals surface area contributed by atoms with Crippen LogP contribution in [0.15, 0.2) is 42.5 Å². The smallest absolute Gasteiger partial charge is 0.257 e. The molecule has 1 saturated heterocycles. The summed E-state index contributed by atoms with van der Waals surface area (Å²) in [5.74, 6) is -1.96. The van der Waals surface area contributed by atoms with Gasteiger partial charge in [0.1, 0.15) is 28.6 Å². The molecule has 1 unspecified atom stereocenters. The van der Waals surface area contributed by atoms with Crippen LogP contribution in [0.5, 0.6) is 0 Å². The van der Waals surface area contributed by atoms with Crippen LogP contribution in [0.3, 0.4) is 0 Å². The summed E-state index contributed by atoms with van der Waals surface area (Å²) >= 11 is 0. The van der Waals surface area contributed by atoms with Crippen molar-refractivity contribution in [2.45, 2.75) is 32.9 Å². The molecular formula is C27H30F2N6O2. The van der Waals surface area contributed by atoms with Crippen LogP contribution in [-0.2, 0) is 16.9 Å². The van der Waals surface area contributed by atoms with Crippen LogP contribution >= 0.6 is 0 Å². The minimum absolute atomic E-state index is 0.00815. The van der Waals surface area contributed by atoms with Crippen molar-refractivity contribution in [1.29, 1.82) is 0 Å². The van der Waals surface area contributed by atoms with Gasteiger partial charge in [-0.25, -0.2) is 18.7 Å². The second-order valence-corrected chi connectivity index (χ2v) is 8.92. The highest BCUT2D eigenvalue weighted by Crippen LogP contribution is 2.34. The van der Waals surface area contributed by atoms with Crippen LogP contribution in [0.25, 0.3) is 11.4 Å². The molecule has 0 radical (unpaired) electrons. The lowest BCUT2D eigenvalue weighted by Crippen LogP contribution is -2.60. The molecule has 1 atom stereocenters. The zero-order valence-corrected chi connectivity index (χ0v) is 21.5. The van der Waals surface area contributed by atoms with Crippen LogP contribution < -0.4 is 10.6 Å². The molecule has 0 bridgehead atoms. The van der Waals surface area contributed by atoms with Crippen LogP contribution in [-0.4, -0.2) is 58.8 Å². The van der Waals surface area contributed by atoms with Crippen molar-refractivity contribution in [3.63, 3.8) is 0 Å². The SMILES string of the molecule is CC.CN1CCN(C)C(C)(c2ccc(Nc3nc(-c4c(F)cccc4F)nc4c3C(=O)NC4)cc2)C1=O. The van der Waals surface area contributed by atoms with Crippen molar-refractivity contribution in [2.24, 2.45) is 0 Å². The van der Waals surface area contributed by atoms with Gasteiger partial charge in [-0.1, -0.05) is 32.0 Å². The van der Waals surface area contributed by atoms with Crippen LogP contribution in [0.4, 0.5) is 20.3 Å². The van der Waals surface area contributed by atoms with E-state index in [2.05, 4.69) is 20.6 Å². The third-order valence-corrected chi connectivity index (χ3v) is 6.82. The monoisotopic (exact) mass is 508 g/mol. The molecule has 2 amide bonds. The lowest BCUT2D eigenvalue weighted by atomic mass is 9.87. The topological polar surface area (TPSA) is 90.5 Å². The Kier molecular flexibility index (Phi) is 7.22. The van der Waals surface area contributed by atoms with E-state index in [0.29, 0.717) is 17.9 Å². The van der Waals surface area contributed by atoms with Gasteiger partial charge in [0.2, 0.25) is 5.91 Å². The molecule has 1 fully saturated rings. The summed E-state index contributed by atoms with van der Waals surface area (Å²) in [5.41, 5.74) is 0.831. The predicted octanol–water partition coefficient (Wildman–Crippen LogP) is 4.05. The fraction of sp³-hybridized carbons (Fsp3) is 0.333. The quantitative estimate of drug-likeness (QED) is 0.553. The lowest BCUT2D eigenvalue weighted by molar-refractivity contribution is -0.147. The molecule has 2 aliphatic heterocycles. The summed E-state index contributed by atoms with van der Waals surface area (Å²) in [6.45, 7) is 7.44. The Morgan fingerprint density at radius 1 is 0.946 bits per heavy atom. The molecule has 0 saturated carbocycles. The number of nitrogens with one attached hydrogen (secondary N) is 2. The number of nitrogens with zero attached hydrogens (tertiary/aromatic N) is 4. The molecule has 194 valence electrons. The summed E-state index contributed by atoms with van der Waals surface area (Å²) in [7, 11) is 3.71. The van der Waals surface area contributed by atoms with Gasteiger partial charge in [0.25, 0.3) is 5.91 Å². The molecule has 8 nitrogen and oxygen atoms in total. The molecule has 2 N–H and O–H groups in total. The Balaban J connectivity index is 0.00000156.